The van der Waals surface area contributed by atoms with Crippen LogP contribution < -0.4 is 19.5 Å². The van der Waals surface area contributed by atoms with Gasteiger partial charge < -0.3 is 24.3 Å². The summed E-state index contributed by atoms with van der Waals surface area (Å²) in [5.41, 5.74) is 1.51. The molecule has 0 unspecified atom stereocenters. The molecule has 0 aliphatic heterocycles. The fraction of sp³-hybridized carbons (Fsp3) is 0.300. The Morgan fingerprint density at radius 1 is 1.04 bits per heavy atom. The van der Waals surface area contributed by atoms with Gasteiger partial charge >= 0.3 is 5.97 Å². The van der Waals surface area contributed by atoms with Gasteiger partial charge in [0.1, 0.15) is 5.75 Å². The zero-order chi connectivity index (χ0) is 19.8. The zero-order valence-electron chi connectivity index (χ0n) is 15.8. The third-order valence-electron chi connectivity index (χ3n) is 3.65. The smallest absolute Gasteiger partial charge is 0.347 e. The van der Waals surface area contributed by atoms with Crippen molar-refractivity contribution in [2.75, 3.05) is 26.1 Å². The number of amides is 1. The second-order valence-electron chi connectivity index (χ2n) is 5.80. The standard InChI is InChI=1S/C20H23NO6/c1-13-6-5-7-16(10-13)27-14(2)20(23)26-12-19(22)21-15-8-9-17(24-3)18(11-15)25-4/h5-11,14H,12H2,1-4H3,(H,21,22)/t14-/m1/s1. The Labute approximate surface area is 158 Å². The largest absolute Gasteiger partial charge is 0.493 e. The molecule has 0 heterocycles. The second kappa shape index (κ2) is 9.47. The van der Waals surface area contributed by atoms with Gasteiger partial charge in [-0.3, -0.25) is 4.79 Å². The molecule has 0 aliphatic rings. The summed E-state index contributed by atoms with van der Waals surface area (Å²) in [6.45, 7) is 3.07. The SMILES string of the molecule is COc1ccc(NC(=O)COC(=O)[C@@H](C)Oc2cccc(C)c2)cc1OC. The normalized spacial score (nSPS) is 11.3. The summed E-state index contributed by atoms with van der Waals surface area (Å²) in [5, 5.41) is 2.63. The van der Waals surface area contributed by atoms with Gasteiger partial charge in [0.2, 0.25) is 0 Å². The topological polar surface area (TPSA) is 83.1 Å². The molecule has 0 aromatic heterocycles. The van der Waals surface area contributed by atoms with Gasteiger partial charge in [0.25, 0.3) is 5.91 Å². The van der Waals surface area contributed by atoms with Crippen molar-refractivity contribution < 1.29 is 28.5 Å². The molecule has 0 saturated carbocycles. The monoisotopic (exact) mass is 373 g/mol. The van der Waals surface area contributed by atoms with Crippen LogP contribution in [0.2, 0.25) is 0 Å². The Morgan fingerprint density at radius 2 is 1.78 bits per heavy atom. The Morgan fingerprint density at radius 3 is 2.44 bits per heavy atom. The number of nitrogens with one attached hydrogen (secondary N) is 1. The molecular weight excluding hydrogens is 350 g/mol. The molecule has 2 aromatic rings. The van der Waals surface area contributed by atoms with Gasteiger partial charge in [-0.2, -0.15) is 0 Å². The molecule has 0 aliphatic carbocycles. The van der Waals surface area contributed by atoms with Gasteiger partial charge in [0.05, 0.1) is 14.2 Å². The minimum Gasteiger partial charge on any atom is -0.493 e. The van der Waals surface area contributed by atoms with E-state index in [1.165, 1.54) is 14.2 Å². The molecule has 1 atom stereocenters. The average molecular weight is 373 g/mol. The van der Waals surface area contributed by atoms with Crippen LogP contribution in [-0.4, -0.2) is 38.8 Å². The van der Waals surface area contributed by atoms with E-state index in [-0.39, 0.29) is 0 Å². The lowest BCUT2D eigenvalue weighted by atomic mass is 10.2. The molecule has 27 heavy (non-hydrogen) atoms. The van der Waals surface area contributed by atoms with E-state index in [1.807, 2.05) is 25.1 Å². The van der Waals surface area contributed by atoms with Crippen LogP contribution in [0.15, 0.2) is 42.5 Å². The molecule has 7 nitrogen and oxygen atoms in total. The first kappa shape index (κ1) is 20.1. The van der Waals surface area contributed by atoms with Crippen LogP contribution in [0.1, 0.15) is 12.5 Å². The molecule has 0 fully saturated rings. The summed E-state index contributed by atoms with van der Waals surface area (Å²) < 4.78 is 20.8. The molecule has 0 bridgehead atoms. The van der Waals surface area contributed by atoms with E-state index in [0.717, 1.165) is 5.56 Å². The van der Waals surface area contributed by atoms with Gasteiger partial charge in [0, 0.05) is 11.8 Å². The lowest BCUT2D eigenvalue weighted by Gasteiger charge is -2.14. The first-order valence-corrected chi connectivity index (χ1v) is 8.34. The highest BCUT2D eigenvalue weighted by atomic mass is 16.6. The molecule has 2 aromatic carbocycles. The lowest BCUT2D eigenvalue weighted by Crippen LogP contribution is -2.29. The van der Waals surface area contributed by atoms with E-state index in [1.54, 1.807) is 31.2 Å². The summed E-state index contributed by atoms with van der Waals surface area (Å²) in [4.78, 5) is 24.0. The summed E-state index contributed by atoms with van der Waals surface area (Å²) in [7, 11) is 3.02. The molecular formula is C20H23NO6. The second-order valence-corrected chi connectivity index (χ2v) is 5.80. The third kappa shape index (κ3) is 5.91. The maximum absolute atomic E-state index is 12.0. The Kier molecular flexibility index (Phi) is 7.05. The Bertz CT molecular complexity index is 805. The van der Waals surface area contributed by atoms with Crippen molar-refractivity contribution in [3.8, 4) is 17.2 Å². The van der Waals surface area contributed by atoms with Crippen molar-refractivity contribution in [3.05, 3.63) is 48.0 Å². The Hall–Kier alpha value is -3.22. The first-order valence-electron chi connectivity index (χ1n) is 8.34. The number of rotatable bonds is 8. The Balaban J connectivity index is 1.84. The maximum Gasteiger partial charge on any atom is 0.347 e. The minimum atomic E-state index is -0.833. The number of carbonyl (C=O) groups excluding carboxylic acids is 2. The zero-order valence-corrected chi connectivity index (χ0v) is 15.8. The van der Waals surface area contributed by atoms with E-state index >= 15 is 0 Å². The van der Waals surface area contributed by atoms with Crippen LogP contribution >= 0.6 is 0 Å². The maximum atomic E-state index is 12.0. The van der Waals surface area contributed by atoms with E-state index < -0.39 is 24.6 Å². The fourth-order valence-corrected chi connectivity index (χ4v) is 2.31. The van der Waals surface area contributed by atoms with Crippen molar-refractivity contribution in [2.45, 2.75) is 20.0 Å². The van der Waals surface area contributed by atoms with Crippen LogP contribution in [0.4, 0.5) is 5.69 Å². The van der Waals surface area contributed by atoms with E-state index in [0.29, 0.717) is 22.9 Å². The van der Waals surface area contributed by atoms with Gasteiger partial charge in [-0.05, 0) is 43.7 Å². The van der Waals surface area contributed by atoms with Crippen LogP contribution in [-0.2, 0) is 14.3 Å². The van der Waals surface area contributed by atoms with Gasteiger partial charge in [0.15, 0.2) is 24.2 Å². The third-order valence-corrected chi connectivity index (χ3v) is 3.65. The molecule has 1 N–H and O–H groups in total. The molecule has 144 valence electrons. The van der Waals surface area contributed by atoms with Crippen LogP contribution in [0.3, 0.4) is 0 Å². The molecule has 0 saturated heterocycles. The van der Waals surface area contributed by atoms with Crippen molar-refractivity contribution in [1.29, 1.82) is 0 Å². The minimum absolute atomic E-state index is 0.422. The van der Waals surface area contributed by atoms with Gasteiger partial charge in [-0.15, -0.1) is 0 Å². The predicted molar refractivity (Wildman–Crippen MR) is 100 cm³/mol. The lowest BCUT2D eigenvalue weighted by molar-refractivity contribution is -0.153. The number of hydrogen-bond donors (Lipinski definition) is 1. The number of aryl methyl sites for hydroxylation is 1. The highest BCUT2D eigenvalue weighted by molar-refractivity contribution is 5.93. The summed E-state index contributed by atoms with van der Waals surface area (Å²) in [6, 6.07) is 12.3. The first-order chi connectivity index (χ1) is 12.9. The number of carbonyl (C=O) groups is 2. The molecule has 0 radical (unpaired) electrons. The van der Waals surface area contributed by atoms with Crippen molar-refractivity contribution in [3.63, 3.8) is 0 Å². The summed E-state index contributed by atoms with van der Waals surface area (Å²) >= 11 is 0. The summed E-state index contributed by atoms with van der Waals surface area (Å²) in [5.74, 6) is 0.489. The number of methoxy groups -OCH3 is 2. The number of ether oxygens (including phenoxy) is 4. The van der Waals surface area contributed by atoms with Crippen LogP contribution in [0.5, 0.6) is 17.2 Å². The van der Waals surface area contributed by atoms with Crippen molar-refractivity contribution in [2.24, 2.45) is 0 Å². The van der Waals surface area contributed by atoms with Crippen molar-refractivity contribution >= 4 is 17.6 Å². The highest BCUT2D eigenvalue weighted by Crippen LogP contribution is 2.29. The number of hydrogen-bond acceptors (Lipinski definition) is 6. The van der Waals surface area contributed by atoms with E-state index in [4.69, 9.17) is 18.9 Å². The van der Waals surface area contributed by atoms with E-state index in [9.17, 15) is 9.59 Å². The molecule has 0 spiro atoms. The average Bonchev–Trinajstić information content (AvgIpc) is 2.65. The highest BCUT2D eigenvalue weighted by Gasteiger charge is 2.18. The van der Waals surface area contributed by atoms with E-state index in [2.05, 4.69) is 5.32 Å². The predicted octanol–water partition coefficient (Wildman–Crippen LogP) is 2.96. The van der Waals surface area contributed by atoms with Gasteiger partial charge in [-0.1, -0.05) is 12.1 Å². The van der Waals surface area contributed by atoms with Crippen molar-refractivity contribution in [1.82, 2.24) is 0 Å². The quantitative estimate of drug-likeness (QED) is 0.717. The molecule has 1 amide bonds. The van der Waals surface area contributed by atoms with Gasteiger partial charge in [-0.25, -0.2) is 4.79 Å². The van der Waals surface area contributed by atoms with Crippen LogP contribution in [0, 0.1) is 6.92 Å². The van der Waals surface area contributed by atoms with Crippen LogP contribution in [0.25, 0.3) is 0 Å². The number of esters is 1. The molecule has 2 rings (SSSR count). The fourth-order valence-electron chi connectivity index (χ4n) is 2.31. The molecule has 7 heteroatoms. The number of anilines is 1. The summed E-state index contributed by atoms with van der Waals surface area (Å²) in [6.07, 6.45) is -0.833. The number of benzene rings is 2.